The molecule has 1 aromatic rings. The maximum Gasteiger partial charge on any atom is 0.227 e. The van der Waals surface area contributed by atoms with E-state index in [-0.39, 0.29) is 23.0 Å². The topological polar surface area (TPSA) is 49.3 Å². The van der Waals surface area contributed by atoms with E-state index in [4.69, 9.17) is 11.6 Å². The van der Waals surface area contributed by atoms with Gasteiger partial charge in [-0.2, -0.15) is 0 Å². The third-order valence-electron chi connectivity index (χ3n) is 3.23. The van der Waals surface area contributed by atoms with Crippen LogP contribution in [0.5, 0.6) is 0 Å². The van der Waals surface area contributed by atoms with Crippen molar-refractivity contribution in [3.05, 3.63) is 29.0 Å². The quantitative estimate of drug-likeness (QED) is 0.887. The van der Waals surface area contributed by atoms with Gasteiger partial charge in [0.2, 0.25) is 5.91 Å². The molecule has 1 aromatic carbocycles. The zero-order chi connectivity index (χ0) is 13.2. The van der Waals surface area contributed by atoms with Crippen LogP contribution in [0.4, 0.5) is 10.1 Å². The Labute approximate surface area is 110 Å². The monoisotopic (exact) mass is 271 g/mol. The summed E-state index contributed by atoms with van der Waals surface area (Å²) in [6.07, 6.45) is 3.17. The minimum Gasteiger partial charge on any atom is -0.389 e. The van der Waals surface area contributed by atoms with E-state index in [1.54, 1.807) is 0 Å². The molecule has 0 aromatic heterocycles. The van der Waals surface area contributed by atoms with Crippen LogP contribution in [0.1, 0.15) is 32.1 Å². The summed E-state index contributed by atoms with van der Waals surface area (Å²) in [7, 11) is 0. The summed E-state index contributed by atoms with van der Waals surface area (Å²) in [5.74, 6) is -0.804. The molecule has 2 N–H and O–H groups in total. The van der Waals surface area contributed by atoms with Crippen LogP contribution in [0.15, 0.2) is 18.2 Å². The van der Waals surface area contributed by atoms with E-state index in [1.165, 1.54) is 18.2 Å². The average molecular weight is 272 g/mol. The second-order valence-corrected chi connectivity index (χ2v) is 5.19. The van der Waals surface area contributed by atoms with Gasteiger partial charge >= 0.3 is 0 Å². The Balaban J connectivity index is 2.00. The number of carbonyl (C=O) groups excluding carboxylic acids is 1. The Morgan fingerprint density at radius 2 is 2.11 bits per heavy atom. The van der Waals surface area contributed by atoms with Crippen LogP contribution in [0.2, 0.25) is 5.02 Å². The van der Waals surface area contributed by atoms with Crippen LogP contribution in [0, 0.1) is 5.82 Å². The number of hydrogen-bond acceptors (Lipinski definition) is 2. The molecule has 1 fully saturated rings. The highest BCUT2D eigenvalue weighted by Crippen LogP contribution is 2.33. The number of carbonyl (C=O) groups is 1. The summed E-state index contributed by atoms with van der Waals surface area (Å²) in [6, 6.07) is 3.78. The molecule has 0 spiro atoms. The lowest BCUT2D eigenvalue weighted by molar-refractivity contribution is -0.120. The molecule has 0 heterocycles. The van der Waals surface area contributed by atoms with Crippen molar-refractivity contribution in [3.8, 4) is 0 Å². The third-order valence-corrected chi connectivity index (χ3v) is 3.56. The second-order valence-electron chi connectivity index (χ2n) is 4.78. The van der Waals surface area contributed by atoms with Crippen molar-refractivity contribution < 1.29 is 14.3 Å². The molecule has 0 bridgehead atoms. The lowest BCUT2D eigenvalue weighted by Gasteiger charge is -2.21. The van der Waals surface area contributed by atoms with Gasteiger partial charge < -0.3 is 10.4 Å². The fraction of sp³-hybridized carbons (Fsp3) is 0.462. The van der Waals surface area contributed by atoms with Crippen molar-refractivity contribution >= 4 is 23.2 Å². The van der Waals surface area contributed by atoms with E-state index in [0.717, 1.165) is 12.8 Å². The minimum atomic E-state index is -0.913. The van der Waals surface area contributed by atoms with E-state index in [2.05, 4.69) is 5.32 Å². The van der Waals surface area contributed by atoms with Gasteiger partial charge in [0.05, 0.1) is 22.7 Å². The fourth-order valence-corrected chi connectivity index (χ4v) is 2.46. The Morgan fingerprint density at radius 1 is 1.44 bits per heavy atom. The third kappa shape index (κ3) is 3.21. The van der Waals surface area contributed by atoms with Gasteiger partial charge in [0.1, 0.15) is 5.82 Å². The van der Waals surface area contributed by atoms with Gasteiger partial charge in [0, 0.05) is 0 Å². The number of nitrogens with one attached hydrogen (secondary N) is 1. The first-order chi connectivity index (χ1) is 8.48. The Kier molecular flexibility index (Phi) is 3.88. The summed E-state index contributed by atoms with van der Waals surface area (Å²) >= 11 is 5.85. The highest BCUT2D eigenvalue weighted by Gasteiger charge is 2.33. The Morgan fingerprint density at radius 3 is 2.78 bits per heavy atom. The number of halogens is 2. The molecular weight excluding hydrogens is 257 g/mol. The molecule has 0 radical (unpaired) electrons. The van der Waals surface area contributed by atoms with E-state index in [1.807, 2.05) is 0 Å². The molecule has 3 nitrogen and oxygen atoms in total. The summed E-state index contributed by atoms with van der Waals surface area (Å²) in [5.41, 5.74) is -0.674. The molecule has 0 atom stereocenters. The molecule has 1 saturated carbocycles. The largest absolute Gasteiger partial charge is 0.389 e. The molecule has 2 rings (SSSR count). The predicted octanol–water partition coefficient (Wildman–Crippen LogP) is 3.11. The number of rotatable bonds is 3. The van der Waals surface area contributed by atoms with Crippen LogP contribution in [0.3, 0.4) is 0 Å². The molecule has 18 heavy (non-hydrogen) atoms. The van der Waals surface area contributed by atoms with Crippen LogP contribution >= 0.6 is 11.6 Å². The van der Waals surface area contributed by atoms with Crippen molar-refractivity contribution in [1.29, 1.82) is 0 Å². The number of anilines is 1. The molecular formula is C13H15ClFNO2. The zero-order valence-corrected chi connectivity index (χ0v) is 10.6. The van der Waals surface area contributed by atoms with Gasteiger partial charge in [-0.3, -0.25) is 4.79 Å². The van der Waals surface area contributed by atoms with Gasteiger partial charge in [0.25, 0.3) is 0 Å². The van der Waals surface area contributed by atoms with Crippen molar-refractivity contribution in [1.82, 2.24) is 0 Å². The molecule has 1 amide bonds. The van der Waals surface area contributed by atoms with Crippen molar-refractivity contribution in [2.75, 3.05) is 5.32 Å². The van der Waals surface area contributed by atoms with Crippen LogP contribution in [-0.4, -0.2) is 16.6 Å². The Bertz CT molecular complexity index is 458. The maximum atomic E-state index is 13.0. The summed E-state index contributed by atoms with van der Waals surface area (Å²) in [6.45, 7) is 0. The molecule has 0 aliphatic heterocycles. The minimum absolute atomic E-state index is 0.0276. The van der Waals surface area contributed by atoms with Crippen molar-refractivity contribution in [2.45, 2.75) is 37.7 Å². The number of aliphatic hydroxyl groups is 1. The number of hydrogen-bond donors (Lipinski definition) is 2. The van der Waals surface area contributed by atoms with Gasteiger partial charge in [-0.1, -0.05) is 24.4 Å². The van der Waals surface area contributed by atoms with E-state index < -0.39 is 11.4 Å². The van der Waals surface area contributed by atoms with Crippen LogP contribution in [0.25, 0.3) is 0 Å². The maximum absolute atomic E-state index is 13.0. The van der Waals surface area contributed by atoms with Gasteiger partial charge in [-0.25, -0.2) is 4.39 Å². The molecule has 0 saturated heterocycles. The molecule has 1 aliphatic carbocycles. The molecule has 98 valence electrons. The predicted molar refractivity (Wildman–Crippen MR) is 68.1 cm³/mol. The first kappa shape index (κ1) is 13.3. The molecule has 0 unspecified atom stereocenters. The summed E-state index contributed by atoms with van der Waals surface area (Å²) in [4.78, 5) is 11.8. The first-order valence-corrected chi connectivity index (χ1v) is 6.34. The number of benzene rings is 1. The molecule has 5 heteroatoms. The lowest BCUT2D eigenvalue weighted by Crippen LogP contribution is -2.30. The Hall–Kier alpha value is -1.13. The van der Waals surface area contributed by atoms with Crippen molar-refractivity contribution in [2.24, 2.45) is 0 Å². The number of amides is 1. The van der Waals surface area contributed by atoms with E-state index in [9.17, 15) is 14.3 Å². The highest BCUT2D eigenvalue weighted by atomic mass is 35.5. The van der Waals surface area contributed by atoms with E-state index in [0.29, 0.717) is 12.8 Å². The van der Waals surface area contributed by atoms with E-state index >= 15 is 0 Å². The second kappa shape index (κ2) is 5.24. The lowest BCUT2D eigenvalue weighted by atomic mass is 9.97. The SMILES string of the molecule is O=C(CC1(O)CCCC1)Nc1cc(F)ccc1Cl. The van der Waals surface area contributed by atoms with Gasteiger partial charge in [-0.05, 0) is 31.0 Å². The summed E-state index contributed by atoms with van der Waals surface area (Å²) in [5, 5.41) is 12.9. The molecule has 1 aliphatic rings. The normalized spacial score (nSPS) is 17.7. The first-order valence-electron chi connectivity index (χ1n) is 5.96. The van der Waals surface area contributed by atoms with Gasteiger partial charge in [-0.15, -0.1) is 0 Å². The highest BCUT2D eigenvalue weighted by molar-refractivity contribution is 6.33. The van der Waals surface area contributed by atoms with Gasteiger partial charge in [0.15, 0.2) is 0 Å². The standard InChI is InChI=1S/C13H15ClFNO2/c14-10-4-3-9(15)7-11(10)16-12(17)8-13(18)5-1-2-6-13/h3-4,7,18H,1-2,5-6,8H2,(H,16,17). The smallest absolute Gasteiger partial charge is 0.227 e. The average Bonchev–Trinajstić information content (AvgIpc) is 2.70. The van der Waals surface area contributed by atoms with Crippen LogP contribution < -0.4 is 5.32 Å². The summed E-state index contributed by atoms with van der Waals surface area (Å²) < 4.78 is 13.0. The fourth-order valence-electron chi connectivity index (χ4n) is 2.30. The van der Waals surface area contributed by atoms with Crippen LogP contribution in [-0.2, 0) is 4.79 Å². The van der Waals surface area contributed by atoms with Crippen molar-refractivity contribution in [3.63, 3.8) is 0 Å². The zero-order valence-electron chi connectivity index (χ0n) is 9.88.